The van der Waals surface area contributed by atoms with Gasteiger partial charge >= 0.3 is 6.09 Å². The summed E-state index contributed by atoms with van der Waals surface area (Å²) < 4.78 is 13.1. The average molecular weight is 557 g/mol. The van der Waals surface area contributed by atoms with Crippen molar-refractivity contribution in [2.75, 3.05) is 18.5 Å². The SMILES string of the molecule is Cn1ccc2c(-c3nccc4c3C(Nc3ccc(C5CCOC5)c(CO)n3)N(C(=O)OC(C)(C)C)C4=O)ccnc21. The van der Waals surface area contributed by atoms with Gasteiger partial charge in [0.05, 0.1) is 30.2 Å². The molecule has 1 fully saturated rings. The molecule has 2 N–H and O–H groups in total. The monoisotopic (exact) mass is 556 g/mol. The number of nitrogens with one attached hydrogen (secondary N) is 1. The Morgan fingerprint density at radius 2 is 1.93 bits per heavy atom. The van der Waals surface area contributed by atoms with Gasteiger partial charge in [0.2, 0.25) is 0 Å². The molecule has 0 spiro atoms. The van der Waals surface area contributed by atoms with Gasteiger partial charge in [-0.2, -0.15) is 0 Å². The fraction of sp³-hybridized carbons (Fsp3) is 0.367. The van der Waals surface area contributed by atoms with Crippen LogP contribution in [-0.4, -0.2) is 60.3 Å². The summed E-state index contributed by atoms with van der Waals surface area (Å²) in [4.78, 5) is 42.2. The lowest BCUT2D eigenvalue weighted by atomic mass is 9.97. The van der Waals surface area contributed by atoms with Crippen LogP contribution in [0.4, 0.5) is 10.6 Å². The van der Waals surface area contributed by atoms with E-state index in [9.17, 15) is 14.7 Å². The van der Waals surface area contributed by atoms with Crippen LogP contribution in [0.15, 0.2) is 48.9 Å². The van der Waals surface area contributed by atoms with Crippen molar-refractivity contribution in [2.45, 2.75) is 51.5 Å². The number of aryl methyl sites for hydroxylation is 1. The molecule has 0 radical (unpaired) electrons. The van der Waals surface area contributed by atoms with Crippen LogP contribution in [0.1, 0.15) is 66.5 Å². The number of carbonyl (C=O) groups excluding carboxylic acids is 2. The van der Waals surface area contributed by atoms with E-state index in [1.165, 1.54) is 0 Å². The molecular weight excluding hydrogens is 524 g/mol. The normalized spacial score (nSPS) is 18.7. The van der Waals surface area contributed by atoms with Crippen molar-refractivity contribution in [3.05, 3.63) is 71.3 Å². The number of imide groups is 1. The van der Waals surface area contributed by atoms with Gasteiger partial charge in [-0.05, 0) is 57.0 Å². The van der Waals surface area contributed by atoms with E-state index in [1.807, 2.05) is 36.0 Å². The number of fused-ring (bicyclic) bond motifs is 2. The second-order valence-electron chi connectivity index (χ2n) is 11.3. The zero-order valence-electron chi connectivity index (χ0n) is 23.4. The van der Waals surface area contributed by atoms with Crippen LogP contribution >= 0.6 is 0 Å². The van der Waals surface area contributed by atoms with Crippen LogP contribution in [0.5, 0.6) is 0 Å². The Bertz CT molecular complexity index is 1650. The zero-order chi connectivity index (χ0) is 28.9. The maximum absolute atomic E-state index is 13.8. The summed E-state index contributed by atoms with van der Waals surface area (Å²) in [6, 6.07) is 9.11. The molecule has 11 heteroatoms. The molecule has 6 heterocycles. The number of pyridine rings is 3. The molecule has 6 rings (SSSR count). The summed E-state index contributed by atoms with van der Waals surface area (Å²) >= 11 is 0. The van der Waals surface area contributed by atoms with Crippen LogP contribution in [0.3, 0.4) is 0 Å². The summed E-state index contributed by atoms with van der Waals surface area (Å²) in [5, 5.41) is 14.3. The first-order valence-electron chi connectivity index (χ1n) is 13.6. The maximum atomic E-state index is 13.8. The topological polar surface area (TPSA) is 132 Å². The third-order valence-corrected chi connectivity index (χ3v) is 7.40. The van der Waals surface area contributed by atoms with Crippen LogP contribution in [0, 0.1) is 0 Å². The van der Waals surface area contributed by atoms with E-state index in [0.29, 0.717) is 41.5 Å². The molecular formula is C30H32N6O5. The van der Waals surface area contributed by atoms with Gasteiger partial charge in [-0.25, -0.2) is 19.7 Å². The summed E-state index contributed by atoms with van der Waals surface area (Å²) in [5.74, 6) is 0.0442. The number of rotatable bonds is 5. The van der Waals surface area contributed by atoms with Crippen LogP contribution < -0.4 is 5.32 Å². The molecule has 2 amide bonds. The number of aromatic nitrogens is 4. The first-order chi connectivity index (χ1) is 19.7. The molecule has 4 aromatic heterocycles. The highest BCUT2D eigenvalue weighted by atomic mass is 16.6. The molecule has 0 aliphatic carbocycles. The lowest BCUT2D eigenvalue weighted by Gasteiger charge is -2.29. The molecule has 2 unspecified atom stereocenters. The fourth-order valence-corrected chi connectivity index (χ4v) is 5.55. The van der Waals surface area contributed by atoms with E-state index in [-0.39, 0.29) is 12.5 Å². The maximum Gasteiger partial charge on any atom is 0.419 e. The standard InChI is InChI=1S/C30H32N6O5/c1-30(2,3)41-29(39)36-27(34-23-6-5-18(22(15-37)33-23)17-10-14-40-16-17)24-21(28(36)38)8-11-31-25(24)19-7-12-32-26-20(19)9-13-35(26)4/h5-9,11-13,17,27,37H,10,14-16H2,1-4H3,(H,33,34). The number of aliphatic hydroxyl groups is 1. The molecule has 4 aromatic rings. The molecule has 1 saturated heterocycles. The molecule has 2 atom stereocenters. The summed E-state index contributed by atoms with van der Waals surface area (Å²) in [6.07, 6.45) is 4.27. The van der Waals surface area contributed by atoms with Gasteiger partial charge in [-0.1, -0.05) is 6.07 Å². The Kier molecular flexibility index (Phi) is 6.71. The van der Waals surface area contributed by atoms with Gasteiger partial charge in [0, 0.05) is 54.7 Å². The first kappa shape index (κ1) is 26.9. The second kappa shape index (κ2) is 10.2. The third-order valence-electron chi connectivity index (χ3n) is 7.40. The average Bonchev–Trinajstić information content (AvgIpc) is 3.67. The number of aliphatic hydroxyl groups excluding tert-OH is 1. The molecule has 0 bridgehead atoms. The molecule has 0 saturated carbocycles. The van der Waals surface area contributed by atoms with E-state index in [0.717, 1.165) is 33.5 Å². The highest BCUT2D eigenvalue weighted by Gasteiger charge is 2.45. The van der Waals surface area contributed by atoms with E-state index in [1.54, 1.807) is 45.3 Å². The Balaban J connectivity index is 1.48. The van der Waals surface area contributed by atoms with Crippen LogP contribution in [-0.2, 0) is 23.1 Å². The lowest BCUT2D eigenvalue weighted by molar-refractivity contribution is 0.0208. The van der Waals surface area contributed by atoms with Crippen molar-refractivity contribution < 1.29 is 24.2 Å². The van der Waals surface area contributed by atoms with Crippen molar-refractivity contribution in [3.8, 4) is 11.3 Å². The predicted octanol–water partition coefficient (Wildman–Crippen LogP) is 4.53. The molecule has 212 valence electrons. The Labute approximate surface area is 237 Å². The molecule has 11 nitrogen and oxygen atoms in total. The number of hydrogen-bond donors (Lipinski definition) is 2. The summed E-state index contributed by atoms with van der Waals surface area (Å²) in [7, 11) is 1.91. The van der Waals surface area contributed by atoms with Gasteiger partial charge in [0.1, 0.15) is 23.2 Å². The lowest BCUT2D eigenvalue weighted by Crippen LogP contribution is -2.41. The van der Waals surface area contributed by atoms with Crippen molar-refractivity contribution >= 4 is 28.9 Å². The first-order valence-corrected chi connectivity index (χ1v) is 13.6. The highest BCUT2D eigenvalue weighted by molar-refractivity contribution is 6.09. The van der Waals surface area contributed by atoms with Gasteiger partial charge < -0.3 is 24.5 Å². The minimum atomic E-state index is -0.970. The number of ether oxygens (including phenoxy) is 2. The van der Waals surface area contributed by atoms with Crippen molar-refractivity contribution in [1.82, 2.24) is 24.4 Å². The van der Waals surface area contributed by atoms with Gasteiger partial charge in [0.25, 0.3) is 5.91 Å². The largest absolute Gasteiger partial charge is 0.443 e. The minimum absolute atomic E-state index is 0.154. The molecule has 2 aliphatic heterocycles. The van der Waals surface area contributed by atoms with Crippen LogP contribution in [0.2, 0.25) is 0 Å². The van der Waals surface area contributed by atoms with E-state index >= 15 is 0 Å². The zero-order valence-corrected chi connectivity index (χ0v) is 23.4. The number of amides is 2. The molecule has 0 aromatic carbocycles. The summed E-state index contributed by atoms with van der Waals surface area (Å²) in [5.41, 5.74) is 3.56. The Morgan fingerprint density at radius 1 is 1.15 bits per heavy atom. The van der Waals surface area contributed by atoms with Gasteiger partial charge in [-0.15, -0.1) is 0 Å². The van der Waals surface area contributed by atoms with Crippen molar-refractivity contribution in [3.63, 3.8) is 0 Å². The molecule has 2 aliphatic rings. The smallest absolute Gasteiger partial charge is 0.419 e. The van der Waals surface area contributed by atoms with Crippen molar-refractivity contribution in [2.24, 2.45) is 7.05 Å². The second-order valence-corrected chi connectivity index (χ2v) is 11.3. The fourth-order valence-electron chi connectivity index (χ4n) is 5.55. The quantitative estimate of drug-likeness (QED) is 0.364. The Morgan fingerprint density at radius 3 is 2.66 bits per heavy atom. The third kappa shape index (κ3) is 4.81. The number of hydrogen-bond acceptors (Lipinski definition) is 9. The van der Waals surface area contributed by atoms with E-state index in [4.69, 9.17) is 14.5 Å². The van der Waals surface area contributed by atoms with E-state index < -0.39 is 23.8 Å². The number of anilines is 1. The molecule has 41 heavy (non-hydrogen) atoms. The Hall–Kier alpha value is -4.35. The van der Waals surface area contributed by atoms with Gasteiger partial charge in [0.15, 0.2) is 0 Å². The van der Waals surface area contributed by atoms with Crippen molar-refractivity contribution in [1.29, 1.82) is 0 Å². The highest BCUT2D eigenvalue weighted by Crippen LogP contribution is 2.42. The summed E-state index contributed by atoms with van der Waals surface area (Å²) in [6.45, 7) is 6.23. The van der Waals surface area contributed by atoms with Gasteiger partial charge in [-0.3, -0.25) is 9.78 Å². The van der Waals surface area contributed by atoms with Crippen LogP contribution in [0.25, 0.3) is 22.3 Å². The number of carbonyl (C=O) groups is 2. The minimum Gasteiger partial charge on any atom is -0.443 e. The van der Waals surface area contributed by atoms with E-state index in [2.05, 4.69) is 15.3 Å². The predicted molar refractivity (Wildman–Crippen MR) is 151 cm³/mol. The number of nitrogens with zero attached hydrogens (tertiary/aromatic N) is 5.